The van der Waals surface area contributed by atoms with Gasteiger partial charge in [-0.05, 0) is 46.3 Å². The Bertz CT molecular complexity index is 733. The number of rotatable bonds is 2. The Kier molecular flexibility index (Phi) is 3.87. The van der Waals surface area contributed by atoms with Crippen molar-refractivity contribution in [3.05, 3.63) is 56.8 Å². The van der Waals surface area contributed by atoms with E-state index in [0.717, 1.165) is 0 Å². The zero-order valence-corrected chi connectivity index (χ0v) is 13.0. The maximum atomic E-state index is 13.2. The van der Waals surface area contributed by atoms with Crippen molar-refractivity contribution in [2.75, 3.05) is 13.2 Å². The molecule has 108 valence electrons. The number of ether oxygens (including phenoxy) is 2. The maximum absolute atomic E-state index is 13.2. The molecular formula is C15H9BrClFO3. The molecule has 21 heavy (non-hydrogen) atoms. The van der Waals surface area contributed by atoms with Crippen molar-refractivity contribution in [2.24, 2.45) is 0 Å². The summed E-state index contributed by atoms with van der Waals surface area (Å²) in [6.07, 6.45) is 0. The number of carbonyl (C=O) groups is 1. The molecule has 2 aromatic rings. The van der Waals surface area contributed by atoms with Crippen LogP contribution in [0.1, 0.15) is 15.9 Å². The quantitative estimate of drug-likeness (QED) is 0.741. The van der Waals surface area contributed by atoms with Gasteiger partial charge in [-0.1, -0.05) is 11.6 Å². The third-order valence-electron chi connectivity index (χ3n) is 3.06. The second kappa shape index (κ2) is 5.66. The molecule has 0 unspecified atom stereocenters. The van der Waals surface area contributed by atoms with Crippen molar-refractivity contribution in [3.63, 3.8) is 0 Å². The predicted molar refractivity (Wildman–Crippen MR) is 80.0 cm³/mol. The summed E-state index contributed by atoms with van der Waals surface area (Å²) in [5.41, 5.74) is 0.709. The van der Waals surface area contributed by atoms with Crippen LogP contribution in [0.2, 0.25) is 5.02 Å². The monoisotopic (exact) mass is 370 g/mol. The first kappa shape index (κ1) is 14.4. The van der Waals surface area contributed by atoms with E-state index in [-0.39, 0.29) is 10.8 Å². The molecule has 0 amide bonds. The van der Waals surface area contributed by atoms with E-state index < -0.39 is 5.82 Å². The van der Waals surface area contributed by atoms with Crippen LogP contribution in [0.15, 0.2) is 34.8 Å². The molecule has 0 aliphatic carbocycles. The molecule has 0 aromatic heterocycles. The SMILES string of the molecule is O=C(c1ccc(F)c(Cl)c1)c1cc2c(cc1Br)OCCO2. The van der Waals surface area contributed by atoms with Gasteiger partial charge >= 0.3 is 0 Å². The van der Waals surface area contributed by atoms with Gasteiger partial charge in [0, 0.05) is 15.6 Å². The number of benzene rings is 2. The minimum Gasteiger partial charge on any atom is -0.486 e. The number of ketones is 1. The van der Waals surface area contributed by atoms with Crippen LogP contribution >= 0.6 is 27.5 Å². The van der Waals surface area contributed by atoms with Gasteiger partial charge < -0.3 is 9.47 Å². The molecule has 1 heterocycles. The number of hydrogen-bond donors (Lipinski definition) is 0. The fourth-order valence-electron chi connectivity index (χ4n) is 2.03. The molecule has 0 saturated carbocycles. The molecule has 2 aromatic carbocycles. The van der Waals surface area contributed by atoms with Crippen molar-refractivity contribution in [3.8, 4) is 11.5 Å². The smallest absolute Gasteiger partial charge is 0.194 e. The van der Waals surface area contributed by atoms with Crippen LogP contribution in [0.3, 0.4) is 0 Å². The van der Waals surface area contributed by atoms with E-state index in [1.165, 1.54) is 18.2 Å². The van der Waals surface area contributed by atoms with Crippen molar-refractivity contribution >= 4 is 33.3 Å². The van der Waals surface area contributed by atoms with Crippen LogP contribution in [0.25, 0.3) is 0 Å². The molecule has 1 aliphatic rings. The summed E-state index contributed by atoms with van der Waals surface area (Å²) in [4.78, 5) is 12.5. The lowest BCUT2D eigenvalue weighted by atomic mass is 10.0. The van der Waals surface area contributed by atoms with Gasteiger partial charge in [-0.15, -0.1) is 0 Å². The Labute approximate surface area is 133 Å². The summed E-state index contributed by atoms with van der Waals surface area (Å²) >= 11 is 9.06. The number of hydrogen-bond acceptors (Lipinski definition) is 3. The van der Waals surface area contributed by atoms with Crippen LogP contribution < -0.4 is 9.47 Å². The van der Waals surface area contributed by atoms with Gasteiger partial charge in [0.1, 0.15) is 19.0 Å². The second-order valence-corrected chi connectivity index (χ2v) is 5.70. The van der Waals surface area contributed by atoms with Gasteiger partial charge in [-0.25, -0.2) is 4.39 Å². The van der Waals surface area contributed by atoms with E-state index in [9.17, 15) is 9.18 Å². The molecule has 0 saturated heterocycles. The Morgan fingerprint density at radius 3 is 2.48 bits per heavy atom. The molecule has 3 nitrogen and oxygen atoms in total. The summed E-state index contributed by atoms with van der Waals surface area (Å²) in [6, 6.07) is 7.17. The third-order valence-corrected chi connectivity index (χ3v) is 4.00. The highest BCUT2D eigenvalue weighted by Crippen LogP contribution is 2.36. The van der Waals surface area contributed by atoms with E-state index >= 15 is 0 Å². The number of halogens is 3. The minimum absolute atomic E-state index is 0.0884. The zero-order chi connectivity index (χ0) is 15.0. The lowest BCUT2D eigenvalue weighted by Gasteiger charge is -2.19. The summed E-state index contributed by atoms with van der Waals surface area (Å²) < 4.78 is 24.7. The maximum Gasteiger partial charge on any atom is 0.194 e. The highest BCUT2D eigenvalue weighted by molar-refractivity contribution is 9.10. The van der Waals surface area contributed by atoms with Gasteiger partial charge in [0.2, 0.25) is 0 Å². The lowest BCUT2D eigenvalue weighted by Crippen LogP contribution is -2.16. The van der Waals surface area contributed by atoms with Crippen LogP contribution in [-0.4, -0.2) is 19.0 Å². The molecule has 1 aliphatic heterocycles. The van der Waals surface area contributed by atoms with E-state index in [1.54, 1.807) is 12.1 Å². The first-order chi connectivity index (χ1) is 10.1. The van der Waals surface area contributed by atoms with Gasteiger partial charge in [-0.3, -0.25) is 4.79 Å². The molecule has 0 N–H and O–H groups in total. The van der Waals surface area contributed by atoms with Crippen LogP contribution in [0.5, 0.6) is 11.5 Å². The van der Waals surface area contributed by atoms with Crippen molar-refractivity contribution in [1.82, 2.24) is 0 Å². The Balaban J connectivity index is 2.03. The molecule has 6 heteroatoms. The van der Waals surface area contributed by atoms with Crippen LogP contribution in [-0.2, 0) is 0 Å². The van der Waals surface area contributed by atoms with Gasteiger partial charge in [-0.2, -0.15) is 0 Å². The molecule has 0 spiro atoms. The largest absolute Gasteiger partial charge is 0.486 e. The Morgan fingerprint density at radius 1 is 1.14 bits per heavy atom. The molecular weight excluding hydrogens is 363 g/mol. The van der Waals surface area contributed by atoms with Gasteiger partial charge in [0.05, 0.1) is 5.02 Å². The molecule has 0 bridgehead atoms. The first-order valence-corrected chi connectivity index (χ1v) is 7.32. The van der Waals surface area contributed by atoms with Crippen LogP contribution in [0, 0.1) is 5.82 Å². The normalized spacial score (nSPS) is 13.1. The molecule has 3 rings (SSSR count). The van der Waals surface area contributed by atoms with E-state index in [4.69, 9.17) is 21.1 Å². The topological polar surface area (TPSA) is 35.5 Å². The predicted octanol–water partition coefficient (Wildman–Crippen LogP) is 4.24. The molecule has 0 atom stereocenters. The fourth-order valence-corrected chi connectivity index (χ4v) is 2.71. The van der Waals surface area contributed by atoms with Gasteiger partial charge in [0.15, 0.2) is 17.3 Å². The zero-order valence-electron chi connectivity index (χ0n) is 10.7. The average Bonchev–Trinajstić information content (AvgIpc) is 2.48. The van der Waals surface area contributed by atoms with E-state index in [2.05, 4.69) is 15.9 Å². The number of carbonyl (C=O) groups excluding carboxylic acids is 1. The van der Waals surface area contributed by atoms with Crippen LogP contribution in [0.4, 0.5) is 4.39 Å². The lowest BCUT2D eigenvalue weighted by molar-refractivity contribution is 0.103. The summed E-state index contributed by atoms with van der Waals surface area (Å²) in [5, 5.41) is -0.0884. The summed E-state index contributed by atoms with van der Waals surface area (Å²) in [5.74, 6) is 0.262. The fraction of sp³-hybridized carbons (Fsp3) is 0.133. The third kappa shape index (κ3) is 2.76. The highest BCUT2D eigenvalue weighted by Gasteiger charge is 2.20. The van der Waals surface area contributed by atoms with E-state index in [0.29, 0.717) is 40.3 Å². The summed E-state index contributed by atoms with van der Waals surface area (Å²) in [6.45, 7) is 0.908. The Morgan fingerprint density at radius 2 is 1.81 bits per heavy atom. The van der Waals surface area contributed by atoms with E-state index in [1.807, 2.05) is 0 Å². The molecule has 0 fully saturated rings. The average molecular weight is 372 g/mol. The Hall–Kier alpha value is -1.59. The van der Waals surface area contributed by atoms with Crippen molar-refractivity contribution in [1.29, 1.82) is 0 Å². The van der Waals surface area contributed by atoms with Crippen molar-refractivity contribution < 1.29 is 18.7 Å². The highest BCUT2D eigenvalue weighted by atomic mass is 79.9. The van der Waals surface area contributed by atoms with Crippen molar-refractivity contribution in [2.45, 2.75) is 0 Å². The minimum atomic E-state index is -0.561. The number of fused-ring (bicyclic) bond motifs is 1. The second-order valence-electron chi connectivity index (χ2n) is 4.43. The van der Waals surface area contributed by atoms with Gasteiger partial charge in [0.25, 0.3) is 0 Å². The first-order valence-electron chi connectivity index (χ1n) is 6.15. The standard InChI is InChI=1S/C15H9BrClFO3/c16-10-7-14-13(20-3-4-21-14)6-9(10)15(19)8-1-2-12(18)11(17)5-8/h1-2,5-7H,3-4H2. The molecule has 0 radical (unpaired) electrons. The summed E-state index contributed by atoms with van der Waals surface area (Å²) in [7, 11) is 0.